The molecule has 0 saturated carbocycles. The maximum atomic E-state index is 12.6. The molecule has 3 aromatic rings. The number of aliphatic imine (C=N–C) groups is 1. The molecule has 0 unspecified atom stereocenters. The molecule has 1 fully saturated rings. The Kier molecular flexibility index (Phi) is 6.03. The van der Waals surface area contributed by atoms with E-state index in [-0.39, 0.29) is 33.5 Å². The summed E-state index contributed by atoms with van der Waals surface area (Å²) in [7, 11) is 1.57. The van der Waals surface area contributed by atoms with Crippen LogP contribution in [0.4, 0.5) is 11.4 Å². The number of aromatic carboxylic acids is 1. The van der Waals surface area contributed by atoms with E-state index >= 15 is 0 Å². The SMILES string of the molecule is CN1C(=O)/C(=C\c2ccc(-c3ccc(Cl)cc3[N+](=O)[O-])o2)SC1=Nc1ccc(C(=O)O)cc1. The van der Waals surface area contributed by atoms with E-state index in [1.807, 2.05) is 0 Å². The lowest BCUT2D eigenvalue weighted by Crippen LogP contribution is -2.23. The Balaban J connectivity index is 1.60. The molecule has 1 aliphatic rings. The van der Waals surface area contributed by atoms with Gasteiger partial charge in [-0.05, 0) is 60.3 Å². The van der Waals surface area contributed by atoms with Crippen LogP contribution >= 0.6 is 23.4 Å². The number of amides is 1. The van der Waals surface area contributed by atoms with Crippen molar-refractivity contribution in [3.05, 3.63) is 86.0 Å². The summed E-state index contributed by atoms with van der Waals surface area (Å²) in [6.07, 6.45) is 1.53. The van der Waals surface area contributed by atoms with Gasteiger partial charge in [-0.1, -0.05) is 11.6 Å². The molecule has 1 amide bonds. The molecule has 166 valence electrons. The number of furan rings is 1. The van der Waals surface area contributed by atoms with Gasteiger partial charge in [0.05, 0.1) is 26.6 Å². The average molecular weight is 484 g/mol. The van der Waals surface area contributed by atoms with Crippen molar-refractivity contribution in [3.8, 4) is 11.3 Å². The van der Waals surface area contributed by atoms with Crippen molar-refractivity contribution < 1.29 is 24.0 Å². The summed E-state index contributed by atoms with van der Waals surface area (Å²) in [5.74, 6) is -0.730. The van der Waals surface area contributed by atoms with Crippen molar-refractivity contribution in [2.24, 2.45) is 4.99 Å². The van der Waals surface area contributed by atoms with Crippen LogP contribution in [0, 0.1) is 10.1 Å². The first-order valence-electron chi connectivity index (χ1n) is 9.37. The van der Waals surface area contributed by atoms with Gasteiger partial charge in [0.25, 0.3) is 11.6 Å². The lowest BCUT2D eigenvalue weighted by atomic mass is 10.1. The zero-order valence-corrected chi connectivity index (χ0v) is 18.5. The molecule has 0 spiro atoms. The summed E-state index contributed by atoms with van der Waals surface area (Å²) >= 11 is 6.99. The van der Waals surface area contributed by atoms with Gasteiger partial charge < -0.3 is 9.52 Å². The van der Waals surface area contributed by atoms with Gasteiger partial charge in [0, 0.05) is 24.2 Å². The predicted molar refractivity (Wildman–Crippen MR) is 125 cm³/mol. The monoisotopic (exact) mass is 483 g/mol. The first kappa shape index (κ1) is 22.3. The van der Waals surface area contributed by atoms with Crippen LogP contribution in [0.3, 0.4) is 0 Å². The molecular weight excluding hydrogens is 470 g/mol. The molecule has 33 heavy (non-hydrogen) atoms. The molecule has 0 bridgehead atoms. The van der Waals surface area contributed by atoms with Crippen LogP contribution < -0.4 is 0 Å². The molecule has 0 atom stereocenters. The second-order valence-electron chi connectivity index (χ2n) is 6.84. The van der Waals surface area contributed by atoms with Gasteiger partial charge >= 0.3 is 5.97 Å². The molecule has 0 radical (unpaired) electrons. The third-order valence-electron chi connectivity index (χ3n) is 4.66. The van der Waals surface area contributed by atoms with E-state index in [1.165, 1.54) is 41.3 Å². The van der Waals surface area contributed by atoms with Crippen molar-refractivity contribution >= 4 is 57.9 Å². The second-order valence-corrected chi connectivity index (χ2v) is 8.29. The number of carbonyl (C=O) groups is 2. The summed E-state index contributed by atoms with van der Waals surface area (Å²) in [5, 5.41) is 21.0. The van der Waals surface area contributed by atoms with Crippen molar-refractivity contribution in [2.45, 2.75) is 0 Å². The molecule has 4 rings (SSSR count). The molecule has 1 saturated heterocycles. The van der Waals surface area contributed by atoms with E-state index in [0.717, 1.165) is 11.8 Å². The number of likely N-dealkylation sites (N-methyl/N-ethyl adjacent to an activating group) is 1. The number of nitro groups is 1. The minimum Gasteiger partial charge on any atom is -0.478 e. The fraction of sp³-hybridized carbons (Fsp3) is 0.0455. The number of halogens is 1. The Hall–Kier alpha value is -3.89. The zero-order chi connectivity index (χ0) is 23.7. The maximum Gasteiger partial charge on any atom is 0.335 e. The van der Waals surface area contributed by atoms with Crippen molar-refractivity contribution in [2.75, 3.05) is 7.05 Å². The summed E-state index contributed by atoms with van der Waals surface area (Å²) < 4.78 is 5.73. The number of carboxylic acids is 1. The number of rotatable bonds is 5. The number of carboxylic acid groups (broad SMARTS) is 1. The van der Waals surface area contributed by atoms with E-state index < -0.39 is 10.9 Å². The Labute approximate surface area is 196 Å². The van der Waals surface area contributed by atoms with E-state index in [4.69, 9.17) is 21.1 Å². The third kappa shape index (κ3) is 4.66. The molecule has 11 heteroatoms. The second kappa shape index (κ2) is 8.93. The molecular formula is C22H14ClN3O6S. The van der Waals surface area contributed by atoms with Crippen molar-refractivity contribution in [3.63, 3.8) is 0 Å². The lowest BCUT2D eigenvalue weighted by Gasteiger charge is -2.07. The third-order valence-corrected chi connectivity index (χ3v) is 5.96. The topological polar surface area (TPSA) is 126 Å². The fourth-order valence-electron chi connectivity index (χ4n) is 3.01. The van der Waals surface area contributed by atoms with E-state index in [2.05, 4.69) is 4.99 Å². The molecule has 1 aromatic heterocycles. The Morgan fingerprint density at radius 3 is 2.61 bits per heavy atom. The van der Waals surface area contributed by atoms with Crippen LogP contribution in [0.15, 0.2) is 68.9 Å². The van der Waals surface area contributed by atoms with E-state index in [1.54, 1.807) is 31.3 Å². The van der Waals surface area contributed by atoms with E-state index in [0.29, 0.717) is 21.5 Å². The summed E-state index contributed by atoms with van der Waals surface area (Å²) in [6.45, 7) is 0. The maximum absolute atomic E-state index is 12.6. The number of hydrogen-bond donors (Lipinski definition) is 1. The highest BCUT2D eigenvalue weighted by Gasteiger charge is 2.31. The number of nitro benzene ring substituents is 1. The Bertz CT molecular complexity index is 1350. The van der Waals surface area contributed by atoms with Crippen LogP contribution in [0.1, 0.15) is 16.1 Å². The van der Waals surface area contributed by atoms with Crippen molar-refractivity contribution in [1.82, 2.24) is 4.90 Å². The smallest absolute Gasteiger partial charge is 0.335 e. The van der Waals surface area contributed by atoms with E-state index in [9.17, 15) is 19.7 Å². The first-order valence-corrected chi connectivity index (χ1v) is 10.6. The number of hydrogen-bond acceptors (Lipinski definition) is 7. The number of carbonyl (C=O) groups excluding carboxylic acids is 1. The number of amidine groups is 1. The normalized spacial score (nSPS) is 16.1. The number of thioether (sulfide) groups is 1. The van der Waals surface area contributed by atoms with Crippen LogP contribution in [-0.4, -0.2) is 39.0 Å². The van der Waals surface area contributed by atoms with Gasteiger partial charge in [0.2, 0.25) is 0 Å². The van der Waals surface area contributed by atoms with Gasteiger partial charge in [-0.25, -0.2) is 9.79 Å². The van der Waals surface area contributed by atoms with Gasteiger partial charge in [-0.2, -0.15) is 0 Å². The number of benzene rings is 2. The summed E-state index contributed by atoms with van der Waals surface area (Å²) in [6, 6.07) is 13.4. The summed E-state index contributed by atoms with van der Waals surface area (Å²) in [4.78, 5) is 40.6. The van der Waals surface area contributed by atoms with Crippen LogP contribution in [0.5, 0.6) is 0 Å². The highest BCUT2D eigenvalue weighted by Crippen LogP contribution is 2.36. The predicted octanol–water partition coefficient (Wildman–Crippen LogP) is 5.44. The fourth-order valence-corrected chi connectivity index (χ4v) is 4.14. The average Bonchev–Trinajstić information content (AvgIpc) is 3.35. The minimum absolute atomic E-state index is 0.137. The first-order chi connectivity index (χ1) is 15.7. The molecule has 9 nitrogen and oxygen atoms in total. The van der Waals surface area contributed by atoms with Crippen LogP contribution in [-0.2, 0) is 4.79 Å². The van der Waals surface area contributed by atoms with Crippen molar-refractivity contribution in [1.29, 1.82) is 0 Å². The van der Waals surface area contributed by atoms with Gasteiger partial charge in [-0.3, -0.25) is 19.8 Å². The Morgan fingerprint density at radius 2 is 1.94 bits per heavy atom. The molecule has 0 aliphatic carbocycles. The summed E-state index contributed by atoms with van der Waals surface area (Å²) in [5.41, 5.74) is 0.713. The van der Waals surface area contributed by atoms with Gasteiger partial charge in [-0.15, -0.1) is 0 Å². The molecule has 1 aliphatic heterocycles. The minimum atomic E-state index is -1.04. The highest BCUT2D eigenvalue weighted by atomic mass is 35.5. The quantitative estimate of drug-likeness (QED) is 0.291. The highest BCUT2D eigenvalue weighted by molar-refractivity contribution is 8.18. The van der Waals surface area contributed by atoms with Crippen LogP contribution in [0.2, 0.25) is 5.02 Å². The largest absolute Gasteiger partial charge is 0.478 e. The standard InChI is InChI=1S/C22H14ClN3O6S/c1-25-20(27)19(33-22(25)24-14-5-2-12(3-6-14)21(28)29)11-15-7-9-18(32-15)16-8-4-13(23)10-17(16)26(30)31/h2-11H,1H3,(H,28,29)/b19-11+,24-22?. The van der Waals surface area contributed by atoms with Gasteiger partial charge in [0.1, 0.15) is 11.5 Å². The molecule has 1 N–H and O–H groups in total. The Morgan fingerprint density at radius 1 is 1.21 bits per heavy atom. The molecule has 2 aromatic carbocycles. The number of nitrogens with zero attached hydrogens (tertiary/aromatic N) is 3. The zero-order valence-electron chi connectivity index (χ0n) is 16.9. The van der Waals surface area contributed by atoms with Gasteiger partial charge in [0.15, 0.2) is 5.17 Å². The molecule has 2 heterocycles. The lowest BCUT2D eigenvalue weighted by molar-refractivity contribution is -0.384. The van der Waals surface area contributed by atoms with Crippen LogP contribution in [0.25, 0.3) is 17.4 Å².